The highest BCUT2D eigenvalue weighted by molar-refractivity contribution is 7.92. The lowest BCUT2D eigenvalue weighted by atomic mass is 10.1. The van der Waals surface area contributed by atoms with Gasteiger partial charge in [-0.3, -0.25) is 14.5 Å². The first-order valence-corrected chi connectivity index (χ1v) is 12.1. The van der Waals surface area contributed by atoms with Gasteiger partial charge in [0.25, 0.3) is 15.9 Å². The van der Waals surface area contributed by atoms with E-state index < -0.39 is 15.9 Å². The van der Waals surface area contributed by atoms with E-state index in [1.54, 1.807) is 43.5 Å². The van der Waals surface area contributed by atoms with Gasteiger partial charge in [-0.25, -0.2) is 13.4 Å². The fraction of sp³-hybridized carbons (Fsp3) is 0.261. The van der Waals surface area contributed by atoms with Crippen molar-refractivity contribution in [1.82, 2.24) is 9.97 Å². The molecule has 1 aliphatic rings. The van der Waals surface area contributed by atoms with E-state index in [-0.39, 0.29) is 10.6 Å². The van der Waals surface area contributed by atoms with Crippen LogP contribution in [0.3, 0.4) is 0 Å². The monoisotopic (exact) mass is 467 g/mol. The van der Waals surface area contributed by atoms with Crippen molar-refractivity contribution in [3.05, 3.63) is 66.7 Å². The van der Waals surface area contributed by atoms with Crippen LogP contribution >= 0.6 is 0 Å². The normalized spacial score (nSPS) is 13.9. The number of nitrogens with one attached hydrogen (secondary N) is 2. The van der Waals surface area contributed by atoms with Gasteiger partial charge in [0.1, 0.15) is 16.3 Å². The van der Waals surface area contributed by atoms with E-state index in [4.69, 9.17) is 4.74 Å². The second-order valence-electron chi connectivity index (χ2n) is 7.61. The third-order valence-corrected chi connectivity index (χ3v) is 6.75. The Morgan fingerprint density at radius 1 is 1.00 bits per heavy atom. The molecule has 0 radical (unpaired) electrons. The van der Waals surface area contributed by atoms with Crippen molar-refractivity contribution in [2.75, 3.05) is 35.1 Å². The van der Waals surface area contributed by atoms with Crippen LogP contribution in [0.4, 0.5) is 17.1 Å². The number of rotatable bonds is 7. The number of ether oxygens (including phenoxy) is 1. The van der Waals surface area contributed by atoms with Crippen molar-refractivity contribution in [3.63, 3.8) is 0 Å². The number of carbonyl (C=O) groups excluding carboxylic acids is 1. The Balaban J connectivity index is 1.67. The van der Waals surface area contributed by atoms with Crippen molar-refractivity contribution in [3.8, 4) is 5.75 Å². The molecule has 33 heavy (non-hydrogen) atoms. The fourth-order valence-electron chi connectivity index (χ4n) is 3.68. The molecule has 1 fully saturated rings. The Morgan fingerprint density at radius 2 is 1.73 bits per heavy atom. The van der Waals surface area contributed by atoms with E-state index in [0.29, 0.717) is 22.8 Å². The molecule has 2 N–H and O–H groups in total. The zero-order chi connectivity index (χ0) is 23.3. The summed E-state index contributed by atoms with van der Waals surface area (Å²) in [6, 6.07) is 11.5. The first-order chi connectivity index (χ1) is 16.0. The van der Waals surface area contributed by atoms with Gasteiger partial charge in [0, 0.05) is 36.9 Å². The number of amides is 1. The van der Waals surface area contributed by atoms with Crippen LogP contribution in [-0.4, -0.2) is 44.5 Å². The van der Waals surface area contributed by atoms with Gasteiger partial charge >= 0.3 is 0 Å². The minimum Gasteiger partial charge on any atom is -0.497 e. The van der Waals surface area contributed by atoms with Crippen molar-refractivity contribution >= 4 is 33.0 Å². The summed E-state index contributed by atoms with van der Waals surface area (Å²) in [6.45, 7) is 1.55. The molecule has 4 rings (SSSR count). The molecule has 1 saturated heterocycles. The van der Waals surface area contributed by atoms with Gasteiger partial charge in [0.2, 0.25) is 0 Å². The SMILES string of the molecule is COc1ccc(NS(=O)(=O)c2cc(NC(=O)c3cnccn3)ccc2N2CCCCC2)cc1. The summed E-state index contributed by atoms with van der Waals surface area (Å²) in [5.41, 5.74) is 1.50. The minimum absolute atomic E-state index is 0.0946. The standard InChI is InChI=1S/C23H25N5O4S/c1-32-19-8-5-17(6-9-19)27-33(30,31)22-15-18(26-23(29)20-16-24-11-12-25-20)7-10-21(22)28-13-3-2-4-14-28/h5-12,15-16,27H,2-4,13-14H2,1H3,(H,26,29). The molecule has 2 heterocycles. The topological polar surface area (TPSA) is 114 Å². The van der Waals surface area contributed by atoms with E-state index in [1.807, 2.05) is 0 Å². The predicted octanol–water partition coefficient (Wildman–Crippen LogP) is 3.53. The molecule has 0 aliphatic carbocycles. The molecule has 0 unspecified atom stereocenters. The van der Waals surface area contributed by atoms with Crippen LogP contribution in [0.5, 0.6) is 5.75 Å². The van der Waals surface area contributed by atoms with Gasteiger partial charge in [-0.1, -0.05) is 0 Å². The zero-order valence-corrected chi connectivity index (χ0v) is 19.0. The molecule has 0 spiro atoms. The van der Waals surface area contributed by atoms with E-state index in [1.165, 1.54) is 24.7 Å². The molecule has 9 nitrogen and oxygen atoms in total. The third-order valence-electron chi connectivity index (χ3n) is 5.34. The number of anilines is 3. The Morgan fingerprint density at radius 3 is 2.39 bits per heavy atom. The number of benzene rings is 2. The lowest BCUT2D eigenvalue weighted by Crippen LogP contribution is -2.31. The molecule has 3 aromatic rings. The average molecular weight is 468 g/mol. The largest absolute Gasteiger partial charge is 0.497 e. The van der Waals surface area contributed by atoms with Crippen LogP contribution in [-0.2, 0) is 10.0 Å². The first-order valence-electron chi connectivity index (χ1n) is 10.6. The molecule has 172 valence electrons. The summed E-state index contributed by atoms with van der Waals surface area (Å²) in [5, 5.41) is 2.71. The molecule has 2 aromatic carbocycles. The highest BCUT2D eigenvalue weighted by Gasteiger charge is 2.24. The second kappa shape index (κ2) is 9.86. The van der Waals surface area contributed by atoms with Gasteiger partial charge in [0.15, 0.2) is 0 Å². The van der Waals surface area contributed by atoms with Gasteiger partial charge in [0.05, 0.1) is 19.0 Å². The third kappa shape index (κ3) is 5.40. The van der Waals surface area contributed by atoms with Crippen LogP contribution in [0.2, 0.25) is 0 Å². The van der Waals surface area contributed by atoms with Gasteiger partial charge in [-0.2, -0.15) is 0 Å². The molecule has 0 saturated carbocycles. The fourth-order valence-corrected chi connectivity index (χ4v) is 4.99. The quantitative estimate of drug-likeness (QED) is 0.546. The Bertz CT molecular complexity index is 1210. The number of piperidine rings is 1. The van der Waals surface area contributed by atoms with E-state index in [2.05, 4.69) is 24.9 Å². The number of methoxy groups -OCH3 is 1. The predicted molar refractivity (Wildman–Crippen MR) is 126 cm³/mol. The zero-order valence-electron chi connectivity index (χ0n) is 18.2. The first kappa shape index (κ1) is 22.5. The summed E-state index contributed by atoms with van der Waals surface area (Å²) in [4.78, 5) is 22.6. The smallest absolute Gasteiger partial charge is 0.275 e. The molecule has 1 amide bonds. The Hall–Kier alpha value is -3.66. The number of hydrogen-bond acceptors (Lipinski definition) is 7. The summed E-state index contributed by atoms with van der Waals surface area (Å²) in [5.74, 6) is 0.154. The van der Waals surface area contributed by atoms with Crippen LogP contribution in [0, 0.1) is 0 Å². The molecule has 0 bridgehead atoms. The highest BCUT2D eigenvalue weighted by Crippen LogP contribution is 2.32. The van der Waals surface area contributed by atoms with Crippen LogP contribution in [0.1, 0.15) is 29.8 Å². The second-order valence-corrected chi connectivity index (χ2v) is 9.26. The van der Waals surface area contributed by atoms with E-state index >= 15 is 0 Å². The Labute approximate surface area is 192 Å². The number of sulfonamides is 1. The molecule has 10 heteroatoms. The van der Waals surface area contributed by atoms with Crippen molar-refractivity contribution < 1.29 is 17.9 Å². The number of hydrogen-bond donors (Lipinski definition) is 2. The number of nitrogens with zero attached hydrogens (tertiary/aromatic N) is 3. The summed E-state index contributed by atoms with van der Waals surface area (Å²) < 4.78 is 34.6. The number of carbonyl (C=O) groups is 1. The average Bonchev–Trinajstić information content (AvgIpc) is 2.85. The summed E-state index contributed by atoms with van der Waals surface area (Å²) >= 11 is 0. The van der Waals surface area contributed by atoms with E-state index in [9.17, 15) is 13.2 Å². The highest BCUT2D eigenvalue weighted by atomic mass is 32.2. The molecular weight excluding hydrogens is 442 g/mol. The van der Waals surface area contributed by atoms with Gasteiger partial charge < -0.3 is 15.0 Å². The lowest BCUT2D eigenvalue weighted by Gasteiger charge is -2.30. The molecule has 1 aromatic heterocycles. The molecule has 0 atom stereocenters. The van der Waals surface area contributed by atoms with Gasteiger partial charge in [-0.05, 0) is 61.7 Å². The van der Waals surface area contributed by atoms with Crippen molar-refractivity contribution in [1.29, 1.82) is 0 Å². The lowest BCUT2D eigenvalue weighted by molar-refractivity contribution is 0.102. The number of aromatic nitrogens is 2. The Kier molecular flexibility index (Phi) is 6.74. The van der Waals surface area contributed by atoms with Crippen LogP contribution < -0.4 is 19.7 Å². The minimum atomic E-state index is -3.95. The van der Waals surface area contributed by atoms with E-state index in [0.717, 1.165) is 32.4 Å². The maximum atomic E-state index is 13.4. The van der Waals surface area contributed by atoms with Crippen molar-refractivity contribution in [2.24, 2.45) is 0 Å². The molecular formula is C23H25N5O4S. The maximum absolute atomic E-state index is 13.4. The van der Waals surface area contributed by atoms with Gasteiger partial charge in [-0.15, -0.1) is 0 Å². The van der Waals surface area contributed by atoms with Crippen LogP contribution in [0.25, 0.3) is 0 Å². The maximum Gasteiger partial charge on any atom is 0.275 e. The van der Waals surface area contributed by atoms with Crippen molar-refractivity contribution in [2.45, 2.75) is 24.2 Å². The molecule has 1 aliphatic heterocycles. The summed E-state index contributed by atoms with van der Waals surface area (Å²) in [6.07, 6.45) is 7.35. The van der Waals surface area contributed by atoms with Crippen LogP contribution in [0.15, 0.2) is 66.0 Å². The summed E-state index contributed by atoms with van der Waals surface area (Å²) in [7, 11) is -2.40.